The summed E-state index contributed by atoms with van der Waals surface area (Å²) in [5, 5.41) is 5.30. The fourth-order valence-electron chi connectivity index (χ4n) is 3.80. The summed E-state index contributed by atoms with van der Waals surface area (Å²) in [7, 11) is 1.41. The minimum absolute atomic E-state index is 0.133. The number of hydrogen-bond acceptors (Lipinski definition) is 6. The Morgan fingerprint density at radius 3 is 2.45 bits per heavy atom. The van der Waals surface area contributed by atoms with Gasteiger partial charge in [-0.2, -0.15) is 0 Å². The van der Waals surface area contributed by atoms with E-state index >= 15 is 0 Å². The summed E-state index contributed by atoms with van der Waals surface area (Å²) in [6, 6.07) is 12.0. The summed E-state index contributed by atoms with van der Waals surface area (Å²) in [5.74, 6) is -1.62. The maximum atomic E-state index is 13.2. The zero-order valence-corrected chi connectivity index (χ0v) is 24.5. The topological polar surface area (TPSA) is 114 Å². The number of nitrogens with zero attached hydrogens (tertiary/aromatic N) is 1. The summed E-state index contributed by atoms with van der Waals surface area (Å²) >= 11 is 15.4. The van der Waals surface area contributed by atoms with Gasteiger partial charge < -0.3 is 14.8 Å². The number of rotatable bonds is 7. The Hall–Kier alpha value is -3.86. The van der Waals surface area contributed by atoms with E-state index < -0.39 is 17.8 Å². The summed E-state index contributed by atoms with van der Waals surface area (Å²) in [4.78, 5) is 51.5. The number of nitrogens with one attached hydrogen (secondary N) is 2. The molecule has 3 aromatic rings. The third-order valence-corrected chi connectivity index (χ3v) is 7.29. The van der Waals surface area contributed by atoms with E-state index in [1.165, 1.54) is 37.5 Å². The van der Waals surface area contributed by atoms with Crippen LogP contribution < -0.4 is 25.0 Å². The van der Waals surface area contributed by atoms with Crippen molar-refractivity contribution in [2.75, 3.05) is 23.9 Å². The van der Waals surface area contributed by atoms with Gasteiger partial charge in [-0.1, -0.05) is 29.3 Å². The second-order valence-corrected chi connectivity index (χ2v) is 10.4. The molecule has 5 amide bonds. The maximum Gasteiger partial charge on any atom is 0.335 e. The van der Waals surface area contributed by atoms with Crippen molar-refractivity contribution in [2.45, 2.75) is 13.8 Å². The van der Waals surface area contributed by atoms with E-state index in [1.54, 1.807) is 12.1 Å². The number of carbonyl (C=O) groups is 4. The molecule has 2 N–H and O–H groups in total. The molecule has 12 heteroatoms. The molecule has 0 spiro atoms. The molecule has 1 aliphatic heterocycles. The molecule has 1 fully saturated rings. The van der Waals surface area contributed by atoms with E-state index in [1.807, 2.05) is 26.0 Å². The van der Waals surface area contributed by atoms with Gasteiger partial charge in [0, 0.05) is 5.69 Å². The van der Waals surface area contributed by atoms with Crippen LogP contribution in [0.4, 0.5) is 16.2 Å². The van der Waals surface area contributed by atoms with E-state index in [0.29, 0.717) is 15.7 Å². The molecule has 1 saturated heterocycles. The Balaban J connectivity index is 1.56. The number of hydrogen-bond donors (Lipinski definition) is 2. The second-order valence-electron chi connectivity index (χ2n) is 8.73. The maximum absolute atomic E-state index is 13.2. The van der Waals surface area contributed by atoms with Crippen LogP contribution in [0.1, 0.15) is 16.7 Å². The lowest BCUT2D eigenvalue weighted by Gasteiger charge is -2.26. The van der Waals surface area contributed by atoms with Crippen LogP contribution in [0.25, 0.3) is 6.08 Å². The third kappa shape index (κ3) is 6.30. The molecule has 4 rings (SSSR count). The largest absolute Gasteiger partial charge is 0.493 e. The number of aryl methyl sites for hydroxylation is 2. The van der Waals surface area contributed by atoms with Crippen LogP contribution in [-0.4, -0.2) is 37.5 Å². The minimum atomic E-state index is -0.924. The molecule has 1 heterocycles. The Labute approximate surface area is 248 Å². The molecule has 40 heavy (non-hydrogen) atoms. The number of ether oxygens (including phenoxy) is 2. The number of urea groups is 1. The highest BCUT2D eigenvalue weighted by molar-refractivity contribution is 9.10. The smallest absolute Gasteiger partial charge is 0.335 e. The van der Waals surface area contributed by atoms with E-state index in [2.05, 4.69) is 26.6 Å². The molecule has 9 nitrogen and oxygen atoms in total. The van der Waals surface area contributed by atoms with Crippen molar-refractivity contribution in [1.29, 1.82) is 0 Å². The molecular weight excluding hydrogens is 625 g/mol. The van der Waals surface area contributed by atoms with Crippen LogP contribution in [0.5, 0.6) is 11.5 Å². The molecule has 0 aliphatic carbocycles. The Morgan fingerprint density at radius 2 is 1.77 bits per heavy atom. The Kier molecular flexibility index (Phi) is 8.82. The first-order valence-electron chi connectivity index (χ1n) is 11.7. The first kappa shape index (κ1) is 29.1. The lowest BCUT2D eigenvalue weighted by Crippen LogP contribution is -2.54. The number of halogens is 3. The number of amides is 5. The predicted octanol–water partition coefficient (Wildman–Crippen LogP) is 6.07. The minimum Gasteiger partial charge on any atom is -0.493 e. The zero-order chi connectivity index (χ0) is 29.1. The van der Waals surface area contributed by atoms with Gasteiger partial charge in [-0.25, -0.2) is 9.69 Å². The van der Waals surface area contributed by atoms with Gasteiger partial charge in [0.05, 0.1) is 27.3 Å². The van der Waals surface area contributed by atoms with Crippen LogP contribution >= 0.6 is 39.1 Å². The monoisotopic (exact) mass is 645 g/mol. The van der Waals surface area contributed by atoms with Gasteiger partial charge in [0.2, 0.25) is 0 Å². The Bertz CT molecular complexity index is 1590. The molecule has 0 radical (unpaired) electrons. The zero-order valence-electron chi connectivity index (χ0n) is 21.4. The highest BCUT2D eigenvalue weighted by atomic mass is 79.9. The van der Waals surface area contributed by atoms with E-state index in [0.717, 1.165) is 16.0 Å². The molecule has 1 aliphatic rings. The van der Waals surface area contributed by atoms with Crippen molar-refractivity contribution < 1.29 is 28.7 Å². The van der Waals surface area contributed by atoms with Gasteiger partial charge in [0.1, 0.15) is 5.57 Å². The molecule has 0 unspecified atom stereocenters. The van der Waals surface area contributed by atoms with Gasteiger partial charge in [-0.05, 0) is 95.0 Å². The summed E-state index contributed by atoms with van der Waals surface area (Å²) in [6.45, 7) is 3.63. The normalized spacial score (nSPS) is 14.3. The quantitative estimate of drug-likeness (QED) is 0.238. The van der Waals surface area contributed by atoms with Crippen molar-refractivity contribution >= 4 is 80.3 Å². The predicted molar refractivity (Wildman–Crippen MR) is 156 cm³/mol. The van der Waals surface area contributed by atoms with Crippen molar-refractivity contribution in [2.24, 2.45) is 0 Å². The van der Waals surface area contributed by atoms with Crippen LogP contribution in [0, 0.1) is 13.8 Å². The van der Waals surface area contributed by atoms with Crippen LogP contribution in [0.2, 0.25) is 10.0 Å². The number of carbonyl (C=O) groups excluding carboxylic acids is 4. The Morgan fingerprint density at radius 1 is 1.02 bits per heavy atom. The SMILES string of the molecule is COc1cc(/C=C2/C(=O)NC(=O)N(c3ccc(Cl)c(Cl)c3)C2=O)cc(Br)c1OCC(=O)Nc1ccc(C)c(C)c1. The molecular formula is C28H22BrCl2N3O6. The average molecular weight is 647 g/mol. The lowest BCUT2D eigenvalue weighted by molar-refractivity contribution is -0.122. The van der Waals surface area contributed by atoms with E-state index in [9.17, 15) is 19.2 Å². The van der Waals surface area contributed by atoms with Gasteiger partial charge in [0.25, 0.3) is 17.7 Å². The van der Waals surface area contributed by atoms with Gasteiger partial charge >= 0.3 is 6.03 Å². The van der Waals surface area contributed by atoms with E-state index in [4.69, 9.17) is 32.7 Å². The lowest BCUT2D eigenvalue weighted by atomic mass is 10.1. The molecule has 0 bridgehead atoms. The van der Waals surface area contributed by atoms with Crippen LogP contribution in [0.15, 0.2) is 58.6 Å². The van der Waals surface area contributed by atoms with Crippen molar-refractivity contribution in [1.82, 2.24) is 5.32 Å². The van der Waals surface area contributed by atoms with Gasteiger partial charge in [0.15, 0.2) is 18.1 Å². The van der Waals surface area contributed by atoms with Crippen LogP contribution in [0.3, 0.4) is 0 Å². The highest BCUT2D eigenvalue weighted by Gasteiger charge is 2.37. The van der Waals surface area contributed by atoms with Crippen LogP contribution in [-0.2, 0) is 14.4 Å². The molecule has 0 saturated carbocycles. The molecule has 3 aromatic carbocycles. The standard InChI is InChI=1S/C28H22BrCl2N3O6/c1-14-4-5-17(8-15(14)2)32-24(35)13-40-25-20(29)10-16(11-23(25)39-3)9-19-26(36)33-28(38)34(27(19)37)18-6-7-21(30)22(31)12-18/h4-12H,13H2,1-3H3,(H,32,35)(H,33,36,38)/b19-9-. The van der Waals surface area contributed by atoms with Crippen molar-refractivity contribution in [3.63, 3.8) is 0 Å². The first-order valence-corrected chi connectivity index (χ1v) is 13.3. The first-order chi connectivity index (χ1) is 19.0. The summed E-state index contributed by atoms with van der Waals surface area (Å²) in [6.07, 6.45) is 1.30. The van der Waals surface area contributed by atoms with Crippen molar-refractivity contribution in [3.05, 3.63) is 85.3 Å². The van der Waals surface area contributed by atoms with Gasteiger partial charge in [-0.15, -0.1) is 0 Å². The fourth-order valence-corrected chi connectivity index (χ4v) is 4.67. The number of barbiturate groups is 1. The summed E-state index contributed by atoms with van der Waals surface area (Å²) < 4.78 is 11.5. The summed E-state index contributed by atoms with van der Waals surface area (Å²) in [5.41, 5.74) is 3.02. The molecule has 0 atom stereocenters. The fraction of sp³-hybridized carbons (Fsp3) is 0.143. The second kappa shape index (κ2) is 12.1. The number of imide groups is 2. The molecule has 206 valence electrons. The highest BCUT2D eigenvalue weighted by Crippen LogP contribution is 2.38. The molecule has 0 aromatic heterocycles. The van der Waals surface area contributed by atoms with E-state index in [-0.39, 0.29) is 45.3 Å². The third-order valence-electron chi connectivity index (χ3n) is 5.96. The number of benzene rings is 3. The average Bonchev–Trinajstić information content (AvgIpc) is 2.89. The number of anilines is 2. The number of methoxy groups -OCH3 is 1. The van der Waals surface area contributed by atoms with Gasteiger partial charge in [-0.3, -0.25) is 19.7 Å². The van der Waals surface area contributed by atoms with Crippen molar-refractivity contribution in [3.8, 4) is 11.5 Å².